The predicted molar refractivity (Wildman–Crippen MR) is 142 cm³/mol. The minimum atomic E-state index is -0.174. The van der Waals surface area contributed by atoms with Crippen molar-refractivity contribution in [3.05, 3.63) is 70.2 Å². The number of fused-ring (bicyclic) bond motifs is 1. The highest BCUT2D eigenvalue weighted by Crippen LogP contribution is 2.29. The van der Waals surface area contributed by atoms with E-state index in [2.05, 4.69) is 34.5 Å². The Kier molecular flexibility index (Phi) is 9.22. The van der Waals surface area contributed by atoms with Crippen molar-refractivity contribution in [1.29, 1.82) is 0 Å². The van der Waals surface area contributed by atoms with Crippen LogP contribution in [-0.2, 0) is 22.4 Å². The van der Waals surface area contributed by atoms with Crippen LogP contribution in [0.3, 0.4) is 0 Å². The maximum Gasteiger partial charge on any atom is 0.223 e. The molecule has 188 valence electrons. The molecular weight excluding hydrogens is 458 g/mol. The van der Waals surface area contributed by atoms with Crippen LogP contribution in [0, 0.1) is 0 Å². The molecular formula is C29H38ClN3O2. The van der Waals surface area contributed by atoms with Crippen molar-refractivity contribution in [2.45, 2.75) is 63.8 Å². The van der Waals surface area contributed by atoms with Crippen LogP contribution < -0.4 is 5.32 Å². The van der Waals surface area contributed by atoms with Gasteiger partial charge >= 0.3 is 0 Å². The molecule has 2 amide bonds. The average molecular weight is 496 g/mol. The van der Waals surface area contributed by atoms with E-state index >= 15 is 0 Å². The van der Waals surface area contributed by atoms with Crippen molar-refractivity contribution in [2.75, 3.05) is 32.7 Å². The van der Waals surface area contributed by atoms with Gasteiger partial charge in [-0.15, -0.1) is 0 Å². The van der Waals surface area contributed by atoms with Crippen molar-refractivity contribution < 1.29 is 9.59 Å². The van der Waals surface area contributed by atoms with E-state index in [-0.39, 0.29) is 23.8 Å². The molecule has 4 rings (SSSR count). The molecule has 0 aromatic heterocycles. The number of nitrogens with zero attached hydrogens (tertiary/aromatic N) is 2. The van der Waals surface area contributed by atoms with Gasteiger partial charge in [0.2, 0.25) is 11.8 Å². The molecule has 1 N–H and O–H groups in total. The fraction of sp³-hybridized carbons (Fsp3) is 0.517. The van der Waals surface area contributed by atoms with E-state index in [9.17, 15) is 9.59 Å². The van der Waals surface area contributed by atoms with Crippen LogP contribution >= 0.6 is 11.6 Å². The Morgan fingerprint density at radius 3 is 2.29 bits per heavy atom. The van der Waals surface area contributed by atoms with Gasteiger partial charge in [-0.2, -0.15) is 0 Å². The van der Waals surface area contributed by atoms with Crippen LogP contribution in [-0.4, -0.2) is 60.4 Å². The number of likely N-dealkylation sites (N-methyl/N-ethyl adjacent to an activating group) is 1. The van der Waals surface area contributed by atoms with E-state index in [1.807, 2.05) is 36.1 Å². The Bertz CT molecular complexity index is 963. The second-order valence-electron chi connectivity index (χ2n) is 9.92. The summed E-state index contributed by atoms with van der Waals surface area (Å²) < 4.78 is 0. The highest BCUT2D eigenvalue weighted by Gasteiger charge is 2.30. The summed E-state index contributed by atoms with van der Waals surface area (Å²) in [6, 6.07) is 16.2. The molecule has 0 radical (unpaired) electrons. The van der Waals surface area contributed by atoms with Crippen LogP contribution in [0.1, 0.15) is 61.6 Å². The lowest BCUT2D eigenvalue weighted by atomic mass is 9.91. The number of likely N-dealkylation sites (tertiary alicyclic amines) is 1. The number of piperidine rings is 1. The lowest BCUT2D eigenvalue weighted by molar-refractivity contribution is -0.133. The lowest BCUT2D eigenvalue weighted by Crippen LogP contribution is -2.41. The third-order valence-corrected chi connectivity index (χ3v) is 7.78. The number of benzene rings is 2. The third kappa shape index (κ3) is 7.08. The molecule has 1 saturated heterocycles. The van der Waals surface area contributed by atoms with Gasteiger partial charge in [0.15, 0.2) is 0 Å². The van der Waals surface area contributed by atoms with Gasteiger partial charge in [-0.25, -0.2) is 0 Å². The summed E-state index contributed by atoms with van der Waals surface area (Å²) in [6.45, 7) is 6.51. The van der Waals surface area contributed by atoms with Crippen LogP contribution in [0.4, 0.5) is 0 Å². The minimum absolute atomic E-state index is 0.00563. The predicted octanol–water partition coefficient (Wildman–Crippen LogP) is 4.82. The summed E-state index contributed by atoms with van der Waals surface area (Å²) in [5, 5.41) is 3.75. The first-order valence-electron chi connectivity index (χ1n) is 13.1. The molecule has 1 fully saturated rings. The molecule has 2 aromatic carbocycles. The third-order valence-electron chi connectivity index (χ3n) is 7.52. The first kappa shape index (κ1) is 25.7. The quantitative estimate of drug-likeness (QED) is 0.514. The number of carbonyl (C=O) groups excluding carboxylic acids is 2. The Morgan fingerprint density at radius 2 is 1.66 bits per heavy atom. The monoisotopic (exact) mass is 495 g/mol. The SMILES string of the molecule is CCN(C(=O)CC(CC(=O)NCCN1CCCCC1)c1ccc(Cl)cc1)C1Cc2ccccc2C1. The van der Waals surface area contributed by atoms with Crippen molar-refractivity contribution in [1.82, 2.24) is 15.1 Å². The van der Waals surface area contributed by atoms with E-state index in [4.69, 9.17) is 11.6 Å². The summed E-state index contributed by atoms with van der Waals surface area (Å²) in [5.41, 5.74) is 3.66. The number of carbonyl (C=O) groups is 2. The van der Waals surface area contributed by atoms with Crippen LogP contribution in [0.2, 0.25) is 5.02 Å². The maximum atomic E-state index is 13.5. The van der Waals surface area contributed by atoms with E-state index in [1.54, 1.807) is 0 Å². The number of halogens is 1. The average Bonchev–Trinajstić information content (AvgIpc) is 3.29. The normalized spacial score (nSPS) is 17.1. The number of nitrogens with one attached hydrogen (secondary N) is 1. The summed E-state index contributed by atoms with van der Waals surface area (Å²) in [6.07, 6.45) is 6.22. The fourth-order valence-corrected chi connectivity index (χ4v) is 5.72. The zero-order valence-electron chi connectivity index (χ0n) is 20.8. The summed E-state index contributed by atoms with van der Waals surface area (Å²) >= 11 is 6.11. The first-order chi connectivity index (χ1) is 17.0. The highest BCUT2D eigenvalue weighted by molar-refractivity contribution is 6.30. The van der Waals surface area contributed by atoms with Gasteiger partial charge in [0, 0.05) is 49.5 Å². The lowest BCUT2D eigenvalue weighted by Gasteiger charge is -2.30. The van der Waals surface area contributed by atoms with E-state index in [0.717, 1.165) is 38.0 Å². The standard InChI is InChI=1S/C29H38ClN3O2/c1-2-33(27-18-23-8-4-5-9-24(23)19-27)29(35)21-25(22-10-12-26(30)13-11-22)20-28(34)31-14-17-32-15-6-3-7-16-32/h4-5,8-13,25,27H,2-3,6-7,14-21H2,1H3,(H,31,34). The number of hydrogen-bond acceptors (Lipinski definition) is 3. The van der Waals surface area contributed by atoms with Gasteiger partial charge in [-0.3, -0.25) is 9.59 Å². The number of rotatable bonds is 10. The molecule has 0 spiro atoms. The van der Waals surface area contributed by atoms with Crippen molar-refractivity contribution >= 4 is 23.4 Å². The van der Waals surface area contributed by atoms with Crippen molar-refractivity contribution in [3.63, 3.8) is 0 Å². The Hall–Kier alpha value is -2.37. The summed E-state index contributed by atoms with van der Waals surface area (Å²) in [5.74, 6) is -0.0509. The van der Waals surface area contributed by atoms with Gasteiger partial charge in [0.1, 0.15) is 0 Å². The molecule has 1 atom stereocenters. The molecule has 1 unspecified atom stereocenters. The Labute approximate surface area is 214 Å². The topological polar surface area (TPSA) is 52.7 Å². The van der Waals surface area contributed by atoms with Gasteiger partial charge in [-0.1, -0.05) is 54.4 Å². The summed E-state index contributed by atoms with van der Waals surface area (Å²) in [4.78, 5) is 30.8. The molecule has 5 nitrogen and oxygen atoms in total. The second-order valence-corrected chi connectivity index (χ2v) is 10.4. The molecule has 2 aromatic rings. The van der Waals surface area contributed by atoms with Gasteiger partial charge in [0.05, 0.1) is 0 Å². The zero-order chi connectivity index (χ0) is 24.6. The summed E-state index contributed by atoms with van der Waals surface area (Å²) in [7, 11) is 0. The number of hydrogen-bond donors (Lipinski definition) is 1. The zero-order valence-corrected chi connectivity index (χ0v) is 21.6. The van der Waals surface area contributed by atoms with Gasteiger partial charge < -0.3 is 15.1 Å². The molecule has 1 heterocycles. The molecule has 35 heavy (non-hydrogen) atoms. The van der Waals surface area contributed by atoms with Crippen molar-refractivity contribution in [2.24, 2.45) is 0 Å². The van der Waals surface area contributed by atoms with E-state index < -0.39 is 0 Å². The van der Waals surface area contributed by atoms with Gasteiger partial charge in [0.25, 0.3) is 0 Å². The minimum Gasteiger partial charge on any atom is -0.355 e. The Morgan fingerprint density at radius 1 is 1.00 bits per heavy atom. The van der Waals surface area contributed by atoms with E-state index in [1.165, 1.54) is 30.4 Å². The van der Waals surface area contributed by atoms with Crippen LogP contribution in [0.5, 0.6) is 0 Å². The molecule has 0 bridgehead atoms. The molecule has 6 heteroatoms. The maximum absolute atomic E-state index is 13.5. The highest BCUT2D eigenvalue weighted by atomic mass is 35.5. The van der Waals surface area contributed by atoms with E-state index in [0.29, 0.717) is 31.0 Å². The molecule has 1 aliphatic carbocycles. The van der Waals surface area contributed by atoms with Crippen LogP contribution in [0.15, 0.2) is 48.5 Å². The Balaban J connectivity index is 1.38. The molecule has 1 aliphatic heterocycles. The van der Waals surface area contributed by atoms with Gasteiger partial charge in [-0.05, 0) is 74.5 Å². The fourth-order valence-electron chi connectivity index (χ4n) is 5.60. The van der Waals surface area contributed by atoms with Crippen molar-refractivity contribution in [3.8, 4) is 0 Å². The molecule has 2 aliphatic rings. The largest absolute Gasteiger partial charge is 0.355 e. The first-order valence-corrected chi connectivity index (χ1v) is 13.5. The molecule has 0 saturated carbocycles. The second kappa shape index (κ2) is 12.5. The smallest absolute Gasteiger partial charge is 0.223 e. The number of amides is 2. The van der Waals surface area contributed by atoms with Crippen LogP contribution in [0.25, 0.3) is 0 Å².